The summed E-state index contributed by atoms with van der Waals surface area (Å²) >= 11 is 5.79. The van der Waals surface area contributed by atoms with E-state index in [1.807, 2.05) is 18.4 Å². The van der Waals surface area contributed by atoms with Crippen LogP contribution in [-0.4, -0.2) is 22.9 Å². The number of aromatic nitrogens is 1. The number of benzene rings is 1. The molecule has 0 saturated carbocycles. The zero-order valence-electron chi connectivity index (χ0n) is 13.6. The van der Waals surface area contributed by atoms with Gasteiger partial charge in [-0.1, -0.05) is 17.7 Å². The number of aryl methyl sites for hydroxylation is 1. The number of nitrogen functional groups attached to an aromatic ring is 1. The van der Waals surface area contributed by atoms with Crippen molar-refractivity contribution in [1.82, 2.24) is 4.57 Å². The Kier molecular flexibility index (Phi) is 5.46. The number of nitrogens with zero attached hydrogens (tertiary/aromatic N) is 1. The zero-order valence-corrected chi connectivity index (χ0v) is 14.4. The Balaban J connectivity index is 2.09. The number of halogens is 1. The third-order valence-electron chi connectivity index (χ3n) is 3.75. The third-order valence-corrected chi connectivity index (χ3v) is 3.99. The van der Waals surface area contributed by atoms with Crippen molar-refractivity contribution in [2.75, 3.05) is 12.3 Å². The van der Waals surface area contributed by atoms with Crippen molar-refractivity contribution in [3.8, 4) is 0 Å². The van der Waals surface area contributed by atoms with Crippen LogP contribution in [0.2, 0.25) is 5.02 Å². The van der Waals surface area contributed by atoms with Crippen molar-refractivity contribution in [2.45, 2.75) is 20.4 Å². The van der Waals surface area contributed by atoms with Crippen LogP contribution in [0.4, 0.5) is 5.69 Å². The van der Waals surface area contributed by atoms with Gasteiger partial charge in [0.1, 0.15) is 0 Å². The lowest BCUT2D eigenvalue weighted by atomic mass is 10.1. The molecule has 2 aromatic rings. The number of ketones is 1. The normalized spacial score (nSPS) is 10.5. The van der Waals surface area contributed by atoms with Crippen LogP contribution in [0.15, 0.2) is 36.9 Å². The molecular weight excluding hydrogens is 328 g/mol. The van der Waals surface area contributed by atoms with E-state index in [4.69, 9.17) is 22.1 Å². The molecule has 1 aromatic heterocycles. The molecule has 6 heteroatoms. The van der Waals surface area contributed by atoms with Crippen molar-refractivity contribution >= 4 is 29.0 Å². The predicted molar refractivity (Wildman–Crippen MR) is 94.6 cm³/mol. The number of esters is 1. The Labute approximate surface area is 145 Å². The highest BCUT2D eigenvalue weighted by Gasteiger charge is 2.18. The fourth-order valence-corrected chi connectivity index (χ4v) is 2.68. The summed E-state index contributed by atoms with van der Waals surface area (Å²) in [6, 6.07) is 6.26. The van der Waals surface area contributed by atoms with Gasteiger partial charge in [-0.25, -0.2) is 4.79 Å². The molecule has 0 radical (unpaired) electrons. The number of hydrogen-bond donors (Lipinski definition) is 1. The van der Waals surface area contributed by atoms with Crippen LogP contribution >= 0.6 is 11.6 Å². The summed E-state index contributed by atoms with van der Waals surface area (Å²) in [6.45, 7) is 7.73. The van der Waals surface area contributed by atoms with E-state index in [0.29, 0.717) is 17.1 Å². The van der Waals surface area contributed by atoms with Gasteiger partial charge in [-0.05, 0) is 38.1 Å². The molecule has 0 amide bonds. The number of carbonyl (C=O) groups excluding carboxylic acids is 2. The molecule has 0 fully saturated rings. The maximum absolute atomic E-state index is 12.3. The van der Waals surface area contributed by atoms with Crippen molar-refractivity contribution in [3.05, 3.63) is 64.5 Å². The van der Waals surface area contributed by atoms with Crippen LogP contribution in [0.5, 0.6) is 0 Å². The Bertz CT molecular complexity index is 809. The van der Waals surface area contributed by atoms with Crippen molar-refractivity contribution in [3.63, 3.8) is 0 Å². The smallest absolute Gasteiger partial charge is 0.340 e. The van der Waals surface area contributed by atoms with Gasteiger partial charge in [0.25, 0.3) is 0 Å². The van der Waals surface area contributed by atoms with Gasteiger partial charge >= 0.3 is 5.97 Å². The van der Waals surface area contributed by atoms with Gasteiger partial charge in [-0.2, -0.15) is 0 Å². The molecule has 0 aliphatic carbocycles. The minimum absolute atomic E-state index is 0.185. The van der Waals surface area contributed by atoms with Gasteiger partial charge in [0.2, 0.25) is 5.78 Å². The van der Waals surface area contributed by atoms with Crippen LogP contribution in [0.25, 0.3) is 0 Å². The second-order valence-electron chi connectivity index (χ2n) is 5.41. The summed E-state index contributed by atoms with van der Waals surface area (Å²) in [5.74, 6) is -0.920. The van der Waals surface area contributed by atoms with Crippen LogP contribution < -0.4 is 5.73 Å². The Morgan fingerprint density at radius 2 is 2.00 bits per heavy atom. The largest absolute Gasteiger partial charge is 0.454 e. The maximum atomic E-state index is 12.3. The number of rotatable bonds is 6. The molecule has 0 bridgehead atoms. The lowest BCUT2D eigenvalue weighted by molar-refractivity contribution is 0.0475. The highest BCUT2D eigenvalue weighted by atomic mass is 35.5. The first-order chi connectivity index (χ1) is 11.3. The minimum Gasteiger partial charge on any atom is -0.454 e. The van der Waals surface area contributed by atoms with Gasteiger partial charge in [-0.3, -0.25) is 4.79 Å². The minimum atomic E-state index is -0.655. The highest BCUT2D eigenvalue weighted by molar-refractivity contribution is 6.31. The summed E-state index contributed by atoms with van der Waals surface area (Å²) in [4.78, 5) is 24.4. The molecule has 0 saturated heterocycles. The number of ether oxygens (including phenoxy) is 1. The summed E-state index contributed by atoms with van der Waals surface area (Å²) < 4.78 is 7.06. The number of nitrogens with two attached hydrogens (primary N) is 1. The lowest BCUT2D eigenvalue weighted by Gasteiger charge is -2.08. The van der Waals surface area contributed by atoms with E-state index >= 15 is 0 Å². The van der Waals surface area contributed by atoms with Gasteiger partial charge in [0.05, 0.1) is 5.56 Å². The van der Waals surface area contributed by atoms with E-state index < -0.39 is 5.97 Å². The molecule has 5 nitrogen and oxygen atoms in total. The number of carbonyl (C=O) groups is 2. The molecule has 126 valence electrons. The Hall–Kier alpha value is -2.53. The van der Waals surface area contributed by atoms with Gasteiger partial charge in [0.15, 0.2) is 6.61 Å². The summed E-state index contributed by atoms with van der Waals surface area (Å²) in [5.41, 5.74) is 8.43. The highest BCUT2D eigenvalue weighted by Crippen LogP contribution is 2.20. The molecule has 0 unspecified atom stereocenters. The summed E-state index contributed by atoms with van der Waals surface area (Å²) in [7, 11) is 0. The topological polar surface area (TPSA) is 74.3 Å². The standard InChI is InChI=1S/C18H19ClN2O3/c1-4-7-21-11(2)8-15(12(21)3)17(22)10-24-18(23)14-6-5-13(19)9-16(14)20/h4-6,8-9H,1,7,10,20H2,2-3H3. The van der Waals surface area contributed by atoms with Crippen LogP contribution in [0.3, 0.4) is 0 Å². The molecule has 0 aliphatic heterocycles. The zero-order chi connectivity index (χ0) is 17.9. The second kappa shape index (κ2) is 7.36. The van der Waals surface area contributed by atoms with Crippen molar-refractivity contribution < 1.29 is 14.3 Å². The first-order valence-electron chi connectivity index (χ1n) is 7.38. The van der Waals surface area contributed by atoms with Crippen LogP contribution in [-0.2, 0) is 11.3 Å². The predicted octanol–water partition coefficient (Wildman–Crippen LogP) is 3.57. The molecule has 2 N–H and O–H groups in total. The Morgan fingerprint density at radius 3 is 2.62 bits per heavy atom. The number of Topliss-reactive ketones (excluding diaryl/α,β-unsaturated/α-hetero) is 1. The monoisotopic (exact) mass is 346 g/mol. The average Bonchev–Trinajstić information content (AvgIpc) is 2.81. The molecule has 1 heterocycles. The first-order valence-corrected chi connectivity index (χ1v) is 7.76. The lowest BCUT2D eigenvalue weighted by Crippen LogP contribution is -2.16. The van der Waals surface area contributed by atoms with E-state index in [2.05, 4.69) is 6.58 Å². The number of hydrogen-bond acceptors (Lipinski definition) is 4. The molecule has 24 heavy (non-hydrogen) atoms. The summed E-state index contributed by atoms with van der Waals surface area (Å²) in [5, 5.41) is 0.426. The van der Waals surface area contributed by atoms with Gasteiger partial charge in [-0.15, -0.1) is 6.58 Å². The van der Waals surface area contributed by atoms with Crippen LogP contribution in [0.1, 0.15) is 32.1 Å². The van der Waals surface area contributed by atoms with Crippen molar-refractivity contribution in [1.29, 1.82) is 0 Å². The van der Waals surface area contributed by atoms with E-state index in [0.717, 1.165) is 11.4 Å². The fraction of sp³-hybridized carbons (Fsp3) is 0.222. The molecule has 1 aromatic carbocycles. The molecular formula is C18H19ClN2O3. The van der Waals surface area contributed by atoms with Crippen molar-refractivity contribution in [2.24, 2.45) is 0 Å². The first kappa shape index (κ1) is 17.8. The molecule has 2 rings (SSSR count). The molecule has 0 atom stereocenters. The summed E-state index contributed by atoms with van der Waals surface area (Å²) in [6.07, 6.45) is 1.76. The number of allylic oxidation sites excluding steroid dienone is 1. The van der Waals surface area contributed by atoms with E-state index in [1.165, 1.54) is 12.1 Å². The maximum Gasteiger partial charge on any atom is 0.340 e. The third kappa shape index (κ3) is 3.68. The molecule has 0 aliphatic rings. The van der Waals surface area contributed by atoms with Crippen LogP contribution in [0, 0.1) is 13.8 Å². The van der Waals surface area contributed by atoms with E-state index in [-0.39, 0.29) is 23.6 Å². The van der Waals surface area contributed by atoms with Gasteiger partial charge in [0, 0.05) is 34.2 Å². The molecule has 0 spiro atoms. The number of anilines is 1. The van der Waals surface area contributed by atoms with Gasteiger partial charge < -0.3 is 15.0 Å². The SMILES string of the molecule is C=CCn1c(C)cc(C(=O)COC(=O)c2ccc(Cl)cc2N)c1C. The average molecular weight is 347 g/mol. The van der Waals surface area contributed by atoms with E-state index in [1.54, 1.807) is 18.2 Å². The fourth-order valence-electron chi connectivity index (χ4n) is 2.50. The Morgan fingerprint density at radius 1 is 1.29 bits per heavy atom. The second-order valence-corrected chi connectivity index (χ2v) is 5.85. The van der Waals surface area contributed by atoms with E-state index in [9.17, 15) is 9.59 Å². The quantitative estimate of drug-likeness (QED) is 0.375.